The highest BCUT2D eigenvalue weighted by Gasteiger charge is 2.58. The number of nitrogens with one attached hydrogen (secondary N) is 2. The molecule has 2 amide bonds. The summed E-state index contributed by atoms with van der Waals surface area (Å²) >= 11 is 12.2. The van der Waals surface area contributed by atoms with Gasteiger partial charge in [-0.25, -0.2) is 4.79 Å². The Morgan fingerprint density at radius 1 is 1.36 bits per heavy atom. The van der Waals surface area contributed by atoms with Crippen molar-refractivity contribution in [2.24, 2.45) is 0 Å². The lowest BCUT2D eigenvalue weighted by molar-refractivity contribution is -0.265. The maximum Gasteiger partial charge on any atom is 0.421 e. The molecule has 0 aliphatic heterocycles. The third kappa shape index (κ3) is 3.76. The molecular formula is C18H16Cl2F3N3O2. The van der Waals surface area contributed by atoms with E-state index < -0.39 is 24.2 Å². The number of benzene rings is 1. The van der Waals surface area contributed by atoms with Crippen LogP contribution in [0.1, 0.15) is 28.8 Å². The van der Waals surface area contributed by atoms with E-state index >= 15 is 0 Å². The lowest BCUT2D eigenvalue weighted by Crippen LogP contribution is -2.40. The van der Waals surface area contributed by atoms with E-state index in [9.17, 15) is 23.1 Å². The summed E-state index contributed by atoms with van der Waals surface area (Å²) in [4.78, 5) is 16.3. The monoisotopic (exact) mass is 433 g/mol. The summed E-state index contributed by atoms with van der Waals surface area (Å²) in [5.74, 6) is 0. The Kier molecular flexibility index (Phi) is 5.49. The van der Waals surface area contributed by atoms with E-state index in [0.717, 1.165) is 11.6 Å². The number of pyridine rings is 1. The molecule has 3 N–H and O–H groups in total. The van der Waals surface area contributed by atoms with E-state index in [2.05, 4.69) is 15.6 Å². The maximum absolute atomic E-state index is 13.3. The van der Waals surface area contributed by atoms with Crippen molar-refractivity contribution in [1.82, 2.24) is 10.3 Å². The van der Waals surface area contributed by atoms with Crippen LogP contribution in [0.25, 0.3) is 0 Å². The molecule has 1 atom stereocenters. The summed E-state index contributed by atoms with van der Waals surface area (Å²) < 4.78 is 39.8. The second-order valence-corrected chi connectivity index (χ2v) is 7.35. The summed E-state index contributed by atoms with van der Waals surface area (Å²) in [6.45, 7) is 2.02. The lowest BCUT2D eigenvalue weighted by atomic mass is 9.95. The number of nitrogens with zero attached hydrogens (tertiary/aromatic N) is 1. The van der Waals surface area contributed by atoms with Crippen molar-refractivity contribution in [3.63, 3.8) is 0 Å². The standard InChI is InChI=1S/C18H16Cl2F3N3O2/c1-9-2-3-10(24-7-9)8-25-16(27)26-15-13(19)6-12-11(14(15)20)4-5-17(12,28)18(21,22)23/h2-3,6-7,28H,4-5,8H2,1H3,(H2,25,26,27). The molecule has 3 rings (SSSR count). The van der Waals surface area contributed by atoms with Gasteiger partial charge in [-0.15, -0.1) is 0 Å². The number of aryl methyl sites for hydroxylation is 1. The van der Waals surface area contributed by atoms with Crippen molar-refractivity contribution in [2.75, 3.05) is 5.32 Å². The predicted octanol–water partition coefficient (Wildman–Crippen LogP) is 4.71. The molecule has 0 radical (unpaired) electrons. The smallest absolute Gasteiger partial charge is 0.376 e. The second-order valence-electron chi connectivity index (χ2n) is 6.57. The normalized spacial score (nSPS) is 18.7. The zero-order chi connectivity index (χ0) is 20.7. The third-order valence-electron chi connectivity index (χ3n) is 4.61. The molecule has 1 aliphatic carbocycles. The zero-order valence-corrected chi connectivity index (χ0v) is 16.1. The van der Waals surface area contributed by atoms with Crippen molar-refractivity contribution < 1.29 is 23.1 Å². The van der Waals surface area contributed by atoms with Crippen LogP contribution in [-0.2, 0) is 18.6 Å². The molecule has 0 saturated carbocycles. The van der Waals surface area contributed by atoms with Crippen LogP contribution in [-0.4, -0.2) is 22.3 Å². The van der Waals surface area contributed by atoms with Gasteiger partial charge in [-0.1, -0.05) is 29.3 Å². The van der Waals surface area contributed by atoms with Gasteiger partial charge in [-0.05, 0) is 48.6 Å². The molecule has 5 nitrogen and oxygen atoms in total. The minimum Gasteiger partial charge on any atom is -0.376 e. The van der Waals surface area contributed by atoms with Crippen molar-refractivity contribution in [3.8, 4) is 0 Å². The van der Waals surface area contributed by atoms with Gasteiger partial charge < -0.3 is 15.7 Å². The average Bonchev–Trinajstić information content (AvgIpc) is 2.96. The van der Waals surface area contributed by atoms with Crippen LogP contribution in [0.3, 0.4) is 0 Å². The number of amides is 2. The average molecular weight is 434 g/mol. The molecular weight excluding hydrogens is 418 g/mol. The highest BCUT2D eigenvalue weighted by Crippen LogP contribution is 2.52. The third-order valence-corrected chi connectivity index (χ3v) is 5.33. The summed E-state index contributed by atoms with van der Waals surface area (Å²) in [5, 5.41) is 14.8. The SMILES string of the molecule is Cc1ccc(CNC(=O)Nc2c(Cl)cc3c(c2Cl)CCC3(O)C(F)(F)F)nc1. The molecule has 0 spiro atoms. The van der Waals surface area contributed by atoms with Gasteiger partial charge in [-0.3, -0.25) is 4.98 Å². The number of carbonyl (C=O) groups is 1. The number of anilines is 1. The number of hydrogen-bond donors (Lipinski definition) is 3. The maximum atomic E-state index is 13.3. The summed E-state index contributed by atoms with van der Waals surface area (Å²) in [6.07, 6.45) is -3.86. The first kappa shape index (κ1) is 20.7. The second kappa shape index (κ2) is 7.42. The molecule has 0 bridgehead atoms. The predicted molar refractivity (Wildman–Crippen MR) is 99.6 cm³/mol. The molecule has 1 aliphatic rings. The topological polar surface area (TPSA) is 74.2 Å². The first-order valence-electron chi connectivity index (χ1n) is 8.30. The van der Waals surface area contributed by atoms with Crippen LogP contribution in [0.4, 0.5) is 23.7 Å². The van der Waals surface area contributed by atoms with Crippen LogP contribution in [0.15, 0.2) is 24.4 Å². The Bertz CT molecular complexity index is 920. The van der Waals surface area contributed by atoms with Crippen molar-refractivity contribution in [3.05, 3.63) is 56.8 Å². The van der Waals surface area contributed by atoms with Gasteiger partial charge in [0.1, 0.15) is 0 Å². The Balaban J connectivity index is 1.78. The van der Waals surface area contributed by atoms with E-state index in [1.54, 1.807) is 12.3 Å². The van der Waals surface area contributed by atoms with E-state index in [1.165, 1.54) is 0 Å². The highest BCUT2D eigenvalue weighted by molar-refractivity contribution is 6.40. The zero-order valence-electron chi connectivity index (χ0n) is 14.6. The molecule has 10 heteroatoms. The molecule has 2 aromatic rings. The van der Waals surface area contributed by atoms with Gasteiger partial charge >= 0.3 is 12.2 Å². The van der Waals surface area contributed by atoms with E-state index in [0.29, 0.717) is 5.69 Å². The van der Waals surface area contributed by atoms with Gasteiger partial charge in [0, 0.05) is 6.20 Å². The Labute approximate surface area is 168 Å². The first-order chi connectivity index (χ1) is 13.0. The minimum atomic E-state index is -4.86. The largest absolute Gasteiger partial charge is 0.421 e. The summed E-state index contributed by atoms with van der Waals surface area (Å²) in [6, 6.07) is 3.96. The van der Waals surface area contributed by atoms with Crippen LogP contribution in [0.5, 0.6) is 0 Å². The number of aliphatic hydroxyl groups is 1. The molecule has 1 unspecified atom stereocenters. The number of fused-ring (bicyclic) bond motifs is 1. The van der Waals surface area contributed by atoms with E-state index in [-0.39, 0.29) is 39.8 Å². The number of rotatable bonds is 3. The number of alkyl halides is 3. The van der Waals surface area contributed by atoms with Gasteiger partial charge in [0.05, 0.1) is 28.0 Å². The molecule has 28 heavy (non-hydrogen) atoms. The first-order valence-corrected chi connectivity index (χ1v) is 9.05. The summed E-state index contributed by atoms with van der Waals surface area (Å²) in [7, 11) is 0. The van der Waals surface area contributed by atoms with Gasteiger partial charge in [0.2, 0.25) is 0 Å². The Morgan fingerprint density at radius 2 is 2.07 bits per heavy atom. The highest BCUT2D eigenvalue weighted by atomic mass is 35.5. The Hall–Kier alpha value is -2.03. The summed E-state index contributed by atoms with van der Waals surface area (Å²) in [5.41, 5.74) is -1.69. The fourth-order valence-corrected chi connectivity index (χ4v) is 3.70. The van der Waals surface area contributed by atoms with Crippen LogP contribution in [0, 0.1) is 6.92 Å². The molecule has 150 valence electrons. The number of hydrogen-bond acceptors (Lipinski definition) is 3. The number of aromatic nitrogens is 1. The van der Waals surface area contributed by atoms with Crippen molar-refractivity contribution in [2.45, 2.75) is 38.1 Å². The molecule has 1 aromatic carbocycles. The van der Waals surface area contributed by atoms with Crippen LogP contribution >= 0.6 is 23.2 Å². The molecule has 1 aromatic heterocycles. The van der Waals surface area contributed by atoms with E-state index in [1.807, 2.05) is 13.0 Å². The van der Waals surface area contributed by atoms with E-state index in [4.69, 9.17) is 23.2 Å². The van der Waals surface area contributed by atoms with Gasteiger partial charge in [0.15, 0.2) is 5.60 Å². The molecule has 1 heterocycles. The Morgan fingerprint density at radius 3 is 2.68 bits per heavy atom. The number of urea groups is 1. The van der Waals surface area contributed by atoms with Crippen molar-refractivity contribution in [1.29, 1.82) is 0 Å². The molecule has 0 saturated heterocycles. The lowest BCUT2D eigenvalue weighted by Gasteiger charge is -2.27. The quantitative estimate of drug-likeness (QED) is 0.655. The van der Waals surface area contributed by atoms with Gasteiger partial charge in [0.25, 0.3) is 0 Å². The minimum absolute atomic E-state index is 0.0112. The van der Waals surface area contributed by atoms with Crippen LogP contribution in [0.2, 0.25) is 10.0 Å². The van der Waals surface area contributed by atoms with Crippen LogP contribution < -0.4 is 10.6 Å². The fraction of sp³-hybridized carbons (Fsp3) is 0.333. The number of carbonyl (C=O) groups excluding carboxylic acids is 1. The van der Waals surface area contributed by atoms with Crippen molar-refractivity contribution >= 4 is 34.9 Å². The fourth-order valence-electron chi connectivity index (χ4n) is 3.05. The molecule has 0 fully saturated rings. The number of halogens is 5. The van der Waals surface area contributed by atoms with Gasteiger partial charge in [-0.2, -0.15) is 13.2 Å².